The van der Waals surface area contributed by atoms with Gasteiger partial charge in [0.05, 0.1) is 28.8 Å². The molecule has 0 saturated heterocycles. The molecule has 0 fully saturated rings. The quantitative estimate of drug-likeness (QED) is 0.131. The summed E-state index contributed by atoms with van der Waals surface area (Å²) in [5.41, 5.74) is 19.2. The molecule has 1 aliphatic carbocycles. The largest absolute Gasteiger partial charge is 0.505 e. The van der Waals surface area contributed by atoms with Crippen molar-refractivity contribution in [2.24, 2.45) is 0 Å². The number of para-hydroxylation sites is 3. The predicted molar refractivity (Wildman–Crippen MR) is 328 cm³/mol. The number of hydrogen-bond acceptors (Lipinski definition) is 4. The van der Waals surface area contributed by atoms with E-state index in [1.807, 2.05) is 0 Å². The first-order chi connectivity index (χ1) is 37.5. The average Bonchev–Trinajstić information content (AvgIpc) is 3.89. The number of furan rings is 1. The van der Waals surface area contributed by atoms with E-state index in [1.54, 1.807) is 0 Å². The van der Waals surface area contributed by atoms with Crippen LogP contribution in [0.4, 0.5) is 28.4 Å². The molecule has 0 aliphatic heterocycles. The summed E-state index contributed by atoms with van der Waals surface area (Å²) in [5, 5.41) is 22.4. The molecule has 12 aromatic rings. The molecular weight excluding hydrogens is 937 g/mol. The van der Waals surface area contributed by atoms with E-state index in [0.717, 1.165) is 95.4 Å². The summed E-state index contributed by atoms with van der Waals surface area (Å²) in [5.74, 6) is 0.674. The molecule has 0 bridgehead atoms. The molecule has 77 heavy (non-hydrogen) atoms. The van der Waals surface area contributed by atoms with Crippen LogP contribution in [-0.2, 0) is 0 Å². The minimum Gasteiger partial charge on any atom is -0.505 e. The van der Waals surface area contributed by atoms with Crippen LogP contribution in [-0.4, -0.2) is 11.1 Å². The number of aromatic hydroxyl groups is 1. The highest BCUT2D eigenvalue weighted by Gasteiger charge is 2.31. The minimum absolute atomic E-state index is 0.0664. The lowest BCUT2D eigenvalue weighted by molar-refractivity contribution is 0.476. The lowest BCUT2D eigenvalue weighted by Gasteiger charge is -2.36. The van der Waals surface area contributed by atoms with Gasteiger partial charge in [-0.15, -0.1) is 0 Å². The van der Waals surface area contributed by atoms with E-state index in [-0.39, 0.29) is 23.6 Å². The maximum absolute atomic E-state index is 12.9. The Bertz CT molecular complexity index is 4320. The number of fused-ring (bicyclic) bond motifs is 3. The van der Waals surface area contributed by atoms with E-state index < -0.39 is 0 Å². The Labute approximate surface area is 451 Å². The molecule has 1 aromatic heterocycles. The number of anilines is 5. The van der Waals surface area contributed by atoms with Gasteiger partial charge in [-0.05, 0) is 148 Å². The number of phenols is 1. The van der Waals surface area contributed by atoms with Crippen molar-refractivity contribution in [1.29, 1.82) is 0 Å². The number of aryl methyl sites for hydroxylation is 2. The summed E-state index contributed by atoms with van der Waals surface area (Å²) in [6, 6.07) is 70.2. The van der Waals surface area contributed by atoms with Crippen LogP contribution in [0.3, 0.4) is 0 Å². The average molecular weight is 999 g/mol. The van der Waals surface area contributed by atoms with Crippen molar-refractivity contribution in [3.05, 3.63) is 240 Å². The molecule has 1 N–H and O–H groups in total. The standard InChI is InChI=1S/C73H62N2O2/c1-44(2)63-42-67(74(52-26-13-19-46(5)39-52)65-33-17-29-55(71(65)76)51-25-15-24-50(41-51)54-28-12-11-21-48(54)7)61-37-35-58-64(45(3)4)43-68(62-38-36-57(63)69(61)70(58)62)75(53-27-14-20-47(6)40-53)66-34-18-32-60-59-31-16-30-56(72(59)77-73(60)66)49-22-9-8-10-23-49/h8-25,27-45,52,76H,26H2,1-7H3. The van der Waals surface area contributed by atoms with Crippen molar-refractivity contribution in [2.75, 3.05) is 9.80 Å². The molecule has 1 aliphatic rings. The molecule has 1 heterocycles. The van der Waals surface area contributed by atoms with Crippen LogP contribution in [0.15, 0.2) is 222 Å². The van der Waals surface area contributed by atoms with Crippen LogP contribution in [0.2, 0.25) is 0 Å². The second kappa shape index (κ2) is 19.1. The molecule has 376 valence electrons. The van der Waals surface area contributed by atoms with E-state index in [9.17, 15) is 5.11 Å². The second-order valence-corrected chi connectivity index (χ2v) is 21.9. The Hall–Kier alpha value is -8.86. The number of rotatable bonds is 11. The second-order valence-electron chi connectivity index (χ2n) is 21.9. The van der Waals surface area contributed by atoms with Crippen LogP contribution >= 0.6 is 0 Å². The molecule has 4 heteroatoms. The van der Waals surface area contributed by atoms with Crippen molar-refractivity contribution < 1.29 is 9.52 Å². The fourth-order valence-corrected chi connectivity index (χ4v) is 12.5. The van der Waals surface area contributed by atoms with Gasteiger partial charge in [-0.1, -0.05) is 203 Å². The van der Waals surface area contributed by atoms with E-state index >= 15 is 0 Å². The van der Waals surface area contributed by atoms with Gasteiger partial charge in [0.2, 0.25) is 0 Å². The Kier molecular flexibility index (Phi) is 11.8. The molecule has 4 nitrogen and oxygen atoms in total. The summed E-state index contributed by atoms with van der Waals surface area (Å²) in [6.45, 7) is 15.8. The van der Waals surface area contributed by atoms with Gasteiger partial charge < -0.3 is 19.3 Å². The Morgan fingerprint density at radius 3 is 1.75 bits per heavy atom. The summed E-state index contributed by atoms with van der Waals surface area (Å²) >= 11 is 0. The number of allylic oxidation sites excluding steroid dienone is 2. The highest BCUT2D eigenvalue weighted by atomic mass is 16.3. The Balaban J connectivity index is 1.08. The summed E-state index contributed by atoms with van der Waals surface area (Å²) in [7, 11) is 0. The number of hydrogen-bond donors (Lipinski definition) is 1. The van der Waals surface area contributed by atoms with Gasteiger partial charge in [0.15, 0.2) is 5.58 Å². The lowest BCUT2D eigenvalue weighted by atomic mass is 9.83. The first-order valence-corrected chi connectivity index (χ1v) is 27.3. The fourth-order valence-electron chi connectivity index (χ4n) is 12.5. The molecule has 0 radical (unpaired) electrons. The van der Waals surface area contributed by atoms with Gasteiger partial charge in [0.25, 0.3) is 0 Å². The molecule has 11 aromatic carbocycles. The third-order valence-corrected chi connectivity index (χ3v) is 16.2. The maximum atomic E-state index is 12.9. The van der Waals surface area contributed by atoms with E-state index in [2.05, 4.69) is 271 Å². The molecule has 1 unspecified atom stereocenters. The van der Waals surface area contributed by atoms with Gasteiger partial charge in [0, 0.05) is 38.4 Å². The van der Waals surface area contributed by atoms with Gasteiger partial charge in [-0.2, -0.15) is 0 Å². The smallest absolute Gasteiger partial charge is 0.159 e. The van der Waals surface area contributed by atoms with E-state index in [1.165, 1.54) is 54.9 Å². The van der Waals surface area contributed by atoms with Crippen LogP contribution in [0.5, 0.6) is 5.75 Å². The van der Waals surface area contributed by atoms with Crippen LogP contribution in [0.25, 0.3) is 87.6 Å². The molecule has 0 spiro atoms. The molecule has 1 atom stereocenters. The minimum atomic E-state index is -0.0664. The van der Waals surface area contributed by atoms with Gasteiger partial charge >= 0.3 is 0 Å². The first kappa shape index (κ1) is 47.8. The molecule has 0 amide bonds. The van der Waals surface area contributed by atoms with Crippen molar-refractivity contribution in [1.82, 2.24) is 0 Å². The molecule has 0 saturated carbocycles. The number of nitrogens with zero attached hydrogens (tertiary/aromatic N) is 2. The van der Waals surface area contributed by atoms with Crippen LogP contribution in [0.1, 0.15) is 75.1 Å². The molecular formula is C73H62N2O2. The first-order valence-electron chi connectivity index (χ1n) is 27.3. The predicted octanol–water partition coefficient (Wildman–Crippen LogP) is 20.9. The Morgan fingerprint density at radius 1 is 0.468 bits per heavy atom. The van der Waals surface area contributed by atoms with Crippen molar-refractivity contribution in [2.45, 2.75) is 72.8 Å². The normalized spacial score (nSPS) is 13.8. The fraction of sp³-hybridized carbons (Fsp3) is 0.151. The zero-order chi connectivity index (χ0) is 52.6. The van der Waals surface area contributed by atoms with E-state index in [4.69, 9.17) is 4.42 Å². The summed E-state index contributed by atoms with van der Waals surface area (Å²) < 4.78 is 7.22. The highest BCUT2D eigenvalue weighted by Crippen LogP contribution is 2.53. The molecule has 13 rings (SSSR count). The zero-order valence-electron chi connectivity index (χ0n) is 44.9. The SMILES string of the molecule is CC1=CC(N(c2cccc(-c3cccc(-c4ccccc4C)c3)c2O)c2cc(C(C)C)c3ccc4c(N(c5cccc(C)c5)c5cccc6c5oc5c(-c7ccccc7)cccc56)cc(C(C)C)c5ccc2c3c54)CC=C1. The number of phenolic OH excluding ortho intramolecular Hbond substituents is 1. The van der Waals surface area contributed by atoms with Crippen molar-refractivity contribution in [3.8, 4) is 39.1 Å². The number of benzene rings is 11. The highest BCUT2D eigenvalue weighted by molar-refractivity contribution is 6.29. The zero-order valence-corrected chi connectivity index (χ0v) is 44.9. The van der Waals surface area contributed by atoms with Gasteiger partial charge in [-0.25, -0.2) is 0 Å². The third kappa shape index (κ3) is 8.05. The van der Waals surface area contributed by atoms with Crippen molar-refractivity contribution in [3.63, 3.8) is 0 Å². The van der Waals surface area contributed by atoms with Crippen LogP contribution in [0, 0.1) is 13.8 Å². The van der Waals surface area contributed by atoms with Crippen molar-refractivity contribution >= 4 is 82.7 Å². The monoisotopic (exact) mass is 998 g/mol. The maximum Gasteiger partial charge on any atom is 0.159 e. The topological polar surface area (TPSA) is 39.9 Å². The third-order valence-electron chi connectivity index (χ3n) is 16.2. The summed E-state index contributed by atoms with van der Waals surface area (Å²) in [4.78, 5) is 4.89. The van der Waals surface area contributed by atoms with Gasteiger partial charge in [0.1, 0.15) is 11.3 Å². The lowest BCUT2D eigenvalue weighted by Crippen LogP contribution is -2.31. The van der Waals surface area contributed by atoms with Crippen LogP contribution < -0.4 is 9.80 Å². The van der Waals surface area contributed by atoms with Gasteiger partial charge in [-0.3, -0.25) is 0 Å². The summed E-state index contributed by atoms with van der Waals surface area (Å²) in [6.07, 6.45) is 7.66. The van der Waals surface area contributed by atoms with E-state index in [0.29, 0.717) is 0 Å². The Morgan fingerprint density at radius 2 is 1.04 bits per heavy atom.